The number of aromatic hydroxyl groups is 1. The number of phenols is 1. The van der Waals surface area contributed by atoms with E-state index in [1.165, 1.54) is 38.1 Å². The lowest BCUT2D eigenvalue weighted by Crippen LogP contribution is -2.22. The highest BCUT2D eigenvalue weighted by molar-refractivity contribution is 6.07. The van der Waals surface area contributed by atoms with Crippen LogP contribution < -0.4 is 4.74 Å². The fraction of sp³-hybridized carbons (Fsp3) is 0.179. The Morgan fingerprint density at radius 3 is 1.81 bits per heavy atom. The van der Waals surface area contributed by atoms with E-state index in [-0.39, 0.29) is 46.5 Å². The Labute approximate surface area is 301 Å². The van der Waals surface area contributed by atoms with Gasteiger partial charge in [0, 0.05) is 45.4 Å². The van der Waals surface area contributed by atoms with Crippen molar-refractivity contribution in [2.45, 2.75) is 46.0 Å². The van der Waals surface area contributed by atoms with Crippen molar-refractivity contribution in [1.82, 2.24) is 9.13 Å². The van der Waals surface area contributed by atoms with Crippen LogP contribution in [0.1, 0.15) is 68.9 Å². The molecule has 0 saturated heterocycles. The first-order valence-corrected chi connectivity index (χ1v) is 16.3. The smallest absolute Gasteiger partial charge is 0.319 e. The minimum Gasteiger partial charge on any atom is -0.503 e. The molecule has 0 fully saturated rings. The fourth-order valence-corrected chi connectivity index (χ4v) is 6.81. The summed E-state index contributed by atoms with van der Waals surface area (Å²) in [5.41, 5.74) is -2.23. The molecule has 0 radical (unpaired) electrons. The van der Waals surface area contributed by atoms with Gasteiger partial charge >= 0.3 is 11.9 Å². The topological polar surface area (TPSA) is 128 Å². The van der Waals surface area contributed by atoms with Crippen LogP contribution in [0.2, 0.25) is 0 Å². The minimum absolute atomic E-state index is 0.124. The highest BCUT2D eigenvalue weighted by Gasteiger charge is 2.36. The number of aromatic nitrogens is 2. The van der Waals surface area contributed by atoms with Crippen molar-refractivity contribution in [3.05, 3.63) is 129 Å². The van der Waals surface area contributed by atoms with Gasteiger partial charge in [0.05, 0.1) is 23.4 Å². The van der Waals surface area contributed by atoms with Crippen molar-refractivity contribution in [3.8, 4) is 11.5 Å². The summed E-state index contributed by atoms with van der Waals surface area (Å²) in [6.45, 7) is 4.14. The van der Waals surface area contributed by atoms with Crippen LogP contribution in [0.3, 0.4) is 0 Å². The Balaban J connectivity index is 1.52. The average molecular weight is 751 g/mol. The third kappa shape index (κ3) is 6.24. The number of carbonyl (C=O) groups is 4. The van der Waals surface area contributed by atoms with E-state index in [4.69, 9.17) is 4.74 Å². The van der Waals surface area contributed by atoms with Gasteiger partial charge in [-0.1, -0.05) is 25.5 Å². The van der Waals surface area contributed by atoms with Crippen LogP contribution in [0, 0.1) is 48.8 Å². The predicted molar refractivity (Wildman–Crippen MR) is 182 cm³/mol. The number of carbonyl (C=O) groups excluding carboxylic acids is 3. The first-order valence-electron chi connectivity index (χ1n) is 16.3. The molecule has 0 bridgehead atoms. The van der Waals surface area contributed by atoms with Crippen molar-refractivity contribution in [1.29, 1.82) is 0 Å². The van der Waals surface area contributed by atoms with E-state index in [0.717, 1.165) is 33.4 Å². The molecule has 54 heavy (non-hydrogen) atoms. The Kier molecular flexibility index (Phi) is 9.84. The van der Waals surface area contributed by atoms with Gasteiger partial charge < -0.3 is 14.9 Å². The molecule has 2 N–H and O–H groups in total. The molecule has 2 aromatic heterocycles. The molecule has 0 aliphatic carbocycles. The number of aliphatic carboxylic acids is 1. The van der Waals surface area contributed by atoms with Gasteiger partial charge in [0.1, 0.15) is 11.6 Å². The number of hydrogen-bond acceptors (Lipinski definition) is 6. The van der Waals surface area contributed by atoms with Crippen LogP contribution in [0.25, 0.3) is 21.8 Å². The Morgan fingerprint density at radius 2 is 1.28 bits per heavy atom. The molecule has 0 aliphatic rings. The molecular weight excluding hydrogens is 722 g/mol. The second kappa shape index (κ2) is 14.2. The lowest BCUT2D eigenvalue weighted by molar-refractivity contribution is -0.137. The summed E-state index contributed by atoms with van der Waals surface area (Å²) in [7, 11) is 0. The molecule has 9 nitrogen and oxygen atoms in total. The zero-order chi connectivity index (χ0) is 39.3. The van der Waals surface area contributed by atoms with E-state index in [9.17, 15) is 42.6 Å². The largest absolute Gasteiger partial charge is 0.503 e. The number of rotatable bonds is 9. The van der Waals surface area contributed by atoms with E-state index in [1.54, 1.807) is 6.92 Å². The molecule has 6 rings (SSSR count). The van der Waals surface area contributed by atoms with Crippen LogP contribution in [0.15, 0.2) is 60.7 Å². The van der Waals surface area contributed by atoms with Gasteiger partial charge in [-0.15, -0.1) is 0 Å². The lowest BCUT2D eigenvalue weighted by Gasteiger charge is -2.18. The number of benzene rings is 4. The van der Waals surface area contributed by atoms with Crippen LogP contribution >= 0.6 is 0 Å². The van der Waals surface area contributed by atoms with Gasteiger partial charge in [-0.05, 0) is 67.8 Å². The number of fused-ring (bicyclic) bond motifs is 2. The quantitative estimate of drug-likeness (QED) is 0.0866. The molecule has 2 heterocycles. The Hall–Kier alpha value is -6.38. The first kappa shape index (κ1) is 37.4. The predicted octanol–water partition coefficient (Wildman–Crippen LogP) is 8.25. The number of carboxylic acid groups (broad SMARTS) is 1. The second-order valence-electron chi connectivity index (χ2n) is 12.5. The third-order valence-electron chi connectivity index (χ3n) is 9.17. The summed E-state index contributed by atoms with van der Waals surface area (Å²) in [5.74, 6) is -16.8. The van der Waals surface area contributed by atoms with Gasteiger partial charge in [-0.25, -0.2) is 26.3 Å². The molecule has 6 aromatic rings. The number of halogens is 6. The number of ether oxygens (including phenoxy) is 1. The van der Waals surface area contributed by atoms with Crippen LogP contribution in [0.5, 0.6) is 11.5 Å². The zero-order valence-electron chi connectivity index (χ0n) is 28.6. The highest BCUT2D eigenvalue weighted by atomic mass is 19.2. The number of hydrogen-bond donors (Lipinski definition) is 2. The SMILES string of the molecule is CCCC(C(=O)Oc1c(F)cc2c(c1F)c(CC(=O)O)c(C)n2C(=O)c1cccc(F)c1)c1c(C)n(C(=O)c2cccc(F)c2)c2cc(F)c(O)c(F)c12. The van der Waals surface area contributed by atoms with Crippen molar-refractivity contribution in [2.24, 2.45) is 0 Å². The van der Waals surface area contributed by atoms with E-state index >= 15 is 13.2 Å². The molecule has 0 saturated carbocycles. The first-order chi connectivity index (χ1) is 25.6. The van der Waals surface area contributed by atoms with E-state index < -0.39 is 104 Å². The molecule has 278 valence electrons. The number of esters is 1. The van der Waals surface area contributed by atoms with Crippen LogP contribution in [0.4, 0.5) is 26.3 Å². The van der Waals surface area contributed by atoms with Crippen molar-refractivity contribution in [3.63, 3.8) is 0 Å². The van der Waals surface area contributed by atoms with Gasteiger partial charge in [0.25, 0.3) is 11.8 Å². The molecule has 1 unspecified atom stereocenters. The standard InChI is InChI=1S/C39H28F6N2O7/c1-4-7-23(30-18(3)47(38(52)20-9-6-11-22(41)13-20)28-15-25(42)35(50)33(44)32(28)30)39(53)54-36-26(43)16-27-31(34(36)45)24(14-29(48)49)17(2)46(27)37(51)19-8-5-10-21(40)12-19/h5-6,8-13,15-16,23,50H,4,7,14H2,1-3H3,(H,48,49). The molecule has 0 amide bonds. The summed E-state index contributed by atoms with van der Waals surface area (Å²) in [4.78, 5) is 53.0. The van der Waals surface area contributed by atoms with Crippen molar-refractivity contribution < 1.29 is 60.5 Å². The maximum Gasteiger partial charge on any atom is 0.319 e. The molecular formula is C39H28F6N2O7. The zero-order valence-corrected chi connectivity index (χ0v) is 28.6. The molecule has 1 atom stereocenters. The normalized spacial score (nSPS) is 12.0. The van der Waals surface area contributed by atoms with Gasteiger partial charge in [-0.3, -0.25) is 28.3 Å². The fourth-order valence-electron chi connectivity index (χ4n) is 6.81. The summed E-state index contributed by atoms with van der Waals surface area (Å²) in [6, 6.07) is 10.1. The number of phenolic OH excluding ortho intramolecular Hbond substituents is 1. The van der Waals surface area contributed by atoms with Crippen molar-refractivity contribution >= 4 is 45.6 Å². The average Bonchev–Trinajstić information content (AvgIpc) is 3.55. The van der Waals surface area contributed by atoms with E-state index in [2.05, 4.69) is 0 Å². The summed E-state index contributed by atoms with van der Waals surface area (Å²) in [5, 5.41) is 18.7. The van der Waals surface area contributed by atoms with Gasteiger partial charge in [-0.2, -0.15) is 0 Å². The number of nitrogens with zero attached hydrogens (tertiary/aromatic N) is 2. The lowest BCUT2D eigenvalue weighted by atomic mass is 9.91. The second-order valence-corrected chi connectivity index (χ2v) is 12.5. The summed E-state index contributed by atoms with van der Waals surface area (Å²) >= 11 is 0. The highest BCUT2D eigenvalue weighted by Crippen LogP contribution is 2.42. The van der Waals surface area contributed by atoms with Crippen LogP contribution in [-0.2, 0) is 16.0 Å². The molecule has 0 aliphatic heterocycles. The number of carboxylic acids is 1. The van der Waals surface area contributed by atoms with Gasteiger partial charge in [0.2, 0.25) is 5.75 Å². The molecule has 0 spiro atoms. The van der Waals surface area contributed by atoms with E-state index in [0.29, 0.717) is 12.1 Å². The maximum atomic E-state index is 16.5. The maximum absolute atomic E-state index is 16.5. The Morgan fingerprint density at radius 1 is 0.741 bits per heavy atom. The molecule has 15 heteroatoms. The molecule has 4 aromatic carbocycles. The monoisotopic (exact) mass is 750 g/mol. The van der Waals surface area contributed by atoms with Crippen LogP contribution in [-0.4, -0.2) is 43.1 Å². The van der Waals surface area contributed by atoms with Crippen molar-refractivity contribution in [2.75, 3.05) is 0 Å². The minimum atomic E-state index is -1.62. The summed E-state index contributed by atoms with van der Waals surface area (Å²) < 4.78 is 97.9. The van der Waals surface area contributed by atoms with E-state index in [1.807, 2.05) is 0 Å². The van der Waals surface area contributed by atoms with Gasteiger partial charge in [0.15, 0.2) is 29.0 Å². The Bertz CT molecular complexity index is 2570. The third-order valence-corrected chi connectivity index (χ3v) is 9.17. The summed E-state index contributed by atoms with van der Waals surface area (Å²) in [6.07, 6.45) is -0.898.